The molecule has 0 spiro atoms. The summed E-state index contributed by atoms with van der Waals surface area (Å²) in [6.45, 7) is 6.86. The summed E-state index contributed by atoms with van der Waals surface area (Å²) in [5, 5.41) is 4.64. The lowest BCUT2D eigenvalue weighted by atomic mass is 9.67. The van der Waals surface area contributed by atoms with Crippen LogP contribution in [0.4, 0.5) is 0 Å². The van der Waals surface area contributed by atoms with Gasteiger partial charge in [0.05, 0.1) is 58.3 Å². The van der Waals surface area contributed by atoms with Crippen LogP contribution in [0.1, 0.15) is 22.3 Å². The normalized spacial score (nSPS) is 16.4. The highest BCUT2D eigenvalue weighted by atomic mass is 16.5. The number of rotatable bonds is 14. The van der Waals surface area contributed by atoms with Crippen LogP contribution in [0.25, 0.3) is 32.7 Å². The lowest BCUT2D eigenvalue weighted by Crippen LogP contribution is -2.32. The molecule has 0 aromatic heterocycles. The largest absolute Gasteiger partial charge is 0.491 e. The molecule has 2 fully saturated rings. The molecule has 0 atom stereocenters. The minimum absolute atomic E-state index is 0.495. The third-order valence-corrected chi connectivity index (χ3v) is 10.6. The molecule has 9 rings (SSSR count). The molecular weight excluding hydrogens is 636 g/mol. The van der Waals surface area contributed by atoms with Crippen molar-refractivity contribution in [2.75, 3.05) is 66.1 Å². The molecule has 0 saturated carbocycles. The quantitative estimate of drug-likeness (QED) is 0.108. The lowest BCUT2D eigenvalue weighted by molar-refractivity contribution is -0.0739. The highest BCUT2D eigenvalue weighted by Crippen LogP contribution is 2.56. The monoisotopic (exact) mass is 678 g/mol. The summed E-state index contributed by atoms with van der Waals surface area (Å²) in [4.78, 5) is 0. The zero-order valence-electron chi connectivity index (χ0n) is 28.7. The maximum absolute atomic E-state index is 6.08. The molecule has 1 aliphatic carbocycles. The Morgan fingerprint density at radius 3 is 1.35 bits per heavy atom. The van der Waals surface area contributed by atoms with Crippen molar-refractivity contribution in [3.8, 4) is 22.6 Å². The van der Waals surface area contributed by atoms with Crippen molar-refractivity contribution in [3.63, 3.8) is 0 Å². The number of benzene rings is 6. The maximum Gasteiger partial charge on any atom is 0.120 e. The van der Waals surface area contributed by atoms with Gasteiger partial charge in [0.2, 0.25) is 0 Å². The van der Waals surface area contributed by atoms with Gasteiger partial charge in [0.25, 0.3) is 0 Å². The highest BCUT2D eigenvalue weighted by Gasteiger charge is 2.46. The van der Waals surface area contributed by atoms with Crippen LogP contribution < -0.4 is 9.47 Å². The average molecular weight is 679 g/mol. The van der Waals surface area contributed by atoms with Crippen molar-refractivity contribution >= 4 is 21.5 Å². The third-order valence-electron chi connectivity index (χ3n) is 10.6. The zero-order valence-corrected chi connectivity index (χ0v) is 28.7. The fraction of sp³-hybridized carbons (Fsp3) is 0.289. The predicted molar refractivity (Wildman–Crippen MR) is 200 cm³/mol. The van der Waals surface area contributed by atoms with Crippen LogP contribution >= 0.6 is 0 Å². The maximum atomic E-state index is 6.08. The van der Waals surface area contributed by atoms with Crippen LogP contribution in [-0.2, 0) is 24.4 Å². The second-order valence-corrected chi connectivity index (χ2v) is 13.9. The minimum Gasteiger partial charge on any atom is -0.491 e. The van der Waals surface area contributed by atoms with E-state index in [2.05, 4.69) is 121 Å². The average Bonchev–Trinajstić information content (AvgIpc) is 3.43. The van der Waals surface area contributed by atoms with Crippen molar-refractivity contribution in [2.45, 2.75) is 5.41 Å². The SMILES string of the molecule is c1ccc2c(c1)-c1ccccc1C2(c1ccc2cc(OCCOCC3COC3)ccc2c1)c1ccc2cc(OCCOCC3COC3)ccc2c1. The molecule has 3 aliphatic rings. The fourth-order valence-electron chi connectivity index (χ4n) is 7.82. The van der Waals surface area contributed by atoms with Gasteiger partial charge in [-0.2, -0.15) is 0 Å². The molecule has 6 nitrogen and oxygen atoms in total. The Kier molecular flexibility index (Phi) is 8.92. The first-order valence-corrected chi connectivity index (χ1v) is 18.1. The molecule has 258 valence electrons. The molecular formula is C45H42O6. The van der Waals surface area contributed by atoms with Crippen LogP contribution in [0.2, 0.25) is 0 Å². The summed E-state index contributed by atoms with van der Waals surface area (Å²) in [7, 11) is 0. The summed E-state index contributed by atoms with van der Waals surface area (Å²) in [6, 6.07) is 44.3. The first kappa shape index (κ1) is 32.2. The molecule has 0 amide bonds. The van der Waals surface area contributed by atoms with Crippen molar-refractivity contribution in [2.24, 2.45) is 11.8 Å². The van der Waals surface area contributed by atoms with Crippen molar-refractivity contribution < 1.29 is 28.4 Å². The predicted octanol–water partition coefficient (Wildman–Crippen LogP) is 8.44. The highest BCUT2D eigenvalue weighted by molar-refractivity contribution is 5.92. The van der Waals surface area contributed by atoms with E-state index in [1.54, 1.807) is 0 Å². The minimum atomic E-state index is -0.495. The van der Waals surface area contributed by atoms with E-state index in [4.69, 9.17) is 28.4 Å². The molecule has 2 saturated heterocycles. The molecule has 2 aliphatic heterocycles. The molecule has 0 unspecified atom stereocenters. The van der Waals surface area contributed by atoms with Gasteiger partial charge in [-0.3, -0.25) is 0 Å². The fourth-order valence-corrected chi connectivity index (χ4v) is 7.82. The molecule has 2 heterocycles. The van der Waals surface area contributed by atoms with E-state index in [1.807, 2.05) is 0 Å². The van der Waals surface area contributed by atoms with E-state index < -0.39 is 5.41 Å². The van der Waals surface area contributed by atoms with Gasteiger partial charge in [-0.25, -0.2) is 0 Å². The molecule has 51 heavy (non-hydrogen) atoms. The van der Waals surface area contributed by atoms with E-state index in [0.29, 0.717) is 38.3 Å². The van der Waals surface area contributed by atoms with E-state index in [1.165, 1.54) is 44.2 Å². The van der Waals surface area contributed by atoms with Gasteiger partial charge in [-0.15, -0.1) is 0 Å². The Labute approximate surface area is 298 Å². The standard InChI is InChI=1S/C45H42O6/c1-3-7-43-41(5-1)42-6-2-4-8-44(42)45(43,37-13-9-35-23-39(15-11-33(35)21-37)50-19-17-46-25-31-27-48-28-31)38-14-10-36-24-40(16-12-34(36)22-38)51-20-18-47-26-32-29-49-30-32/h1-16,21-24,31-32H,17-20,25-30H2. The van der Waals surface area contributed by atoms with Crippen LogP contribution in [0, 0.1) is 11.8 Å². The van der Waals surface area contributed by atoms with Gasteiger partial charge in [-0.1, -0.05) is 84.9 Å². The summed E-state index contributed by atoms with van der Waals surface area (Å²) < 4.78 is 34.2. The number of hydrogen-bond donors (Lipinski definition) is 0. The van der Waals surface area contributed by atoms with Crippen molar-refractivity contribution in [1.29, 1.82) is 0 Å². The zero-order chi connectivity index (χ0) is 34.0. The summed E-state index contributed by atoms with van der Waals surface area (Å²) in [6.07, 6.45) is 0. The van der Waals surface area contributed by atoms with Gasteiger partial charge >= 0.3 is 0 Å². The molecule has 6 aromatic rings. The van der Waals surface area contributed by atoms with Gasteiger partial charge in [-0.05, 0) is 91.3 Å². The van der Waals surface area contributed by atoms with Crippen LogP contribution in [0.5, 0.6) is 11.5 Å². The first-order valence-electron chi connectivity index (χ1n) is 18.1. The second kappa shape index (κ2) is 14.1. The molecule has 0 bridgehead atoms. The van der Waals surface area contributed by atoms with E-state index in [9.17, 15) is 0 Å². The lowest BCUT2D eigenvalue weighted by Gasteiger charge is -2.34. The smallest absolute Gasteiger partial charge is 0.120 e. The van der Waals surface area contributed by atoms with Gasteiger partial charge in [0.15, 0.2) is 0 Å². The molecule has 6 aromatic carbocycles. The Morgan fingerprint density at radius 1 is 0.471 bits per heavy atom. The van der Waals surface area contributed by atoms with Gasteiger partial charge in [0.1, 0.15) is 24.7 Å². The molecule has 0 radical (unpaired) electrons. The Bertz CT molecular complexity index is 2010. The topological polar surface area (TPSA) is 55.4 Å². The Morgan fingerprint density at radius 2 is 0.902 bits per heavy atom. The first-order chi connectivity index (χ1) is 25.3. The van der Waals surface area contributed by atoms with Gasteiger partial charge in [0, 0.05) is 11.8 Å². The number of fused-ring (bicyclic) bond motifs is 5. The second-order valence-electron chi connectivity index (χ2n) is 13.9. The molecule has 0 N–H and O–H groups in total. The van der Waals surface area contributed by atoms with Crippen molar-refractivity contribution in [3.05, 3.63) is 144 Å². The summed E-state index contributed by atoms with van der Waals surface area (Å²) in [5.74, 6) is 2.76. The van der Waals surface area contributed by atoms with E-state index >= 15 is 0 Å². The van der Waals surface area contributed by atoms with Crippen molar-refractivity contribution in [1.82, 2.24) is 0 Å². The Balaban J connectivity index is 1.03. The Hall–Kier alpha value is -4.72. The molecule has 6 heteroatoms. The van der Waals surface area contributed by atoms with Crippen LogP contribution in [-0.4, -0.2) is 66.1 Å². The van der Waals surface area contributed by atoms with E-state index in [0.717, 1.165) is 61.9 Å². The van der Waals surface area contributed by atoms with Crippen LogP contribution in [0.15, 0.2) is 121 Å². The van der Waals surface area contributed by atoms with Gasteiger partial charge < -0.3 is 28.4 Å². The number of hydrogen-bond acceptors (Lipinski definition) is 6. The van der Waals surface area contributed by atoms with E-state index in [-0.39, 0.29) is 0 Å². The van der Waals surface area contributed by atoms with Crippen LogP contribution in [0.3, 0.4) is 0 Å². The summed E-state index contributed by atoms with van der Waals surface area (Å²) >= 11 is 0. The summed E-state index contributed by atoms with van der Waals surface area (Å²) in [5.41, 5.74) is 7.13. The number of ether oxygens (including phenoxy) is 6. The third kappa shape index (κ3) is 6.17.